The van der Waals surface area contributed by atoms with Gasteiger partial charge in [-0.25, -0.2) is 0 Å². The molecule has 2 heterocycles. The molecule has 2 rings (SSSR count). The molecule has 0 aliphatic carbocycles. The number of nitrogens with one attached hydrogen (secondary N) is 1. The second-order valence-corrected chi connectivity index (χ2v) is 4.54. The highest BCUT2D eigenvalue weighted by atomic mass is 16.5. The maximum absolute atomic E-state index is 5.93. The monoisotopic (exact) mass is 213 g/mol. The summed E-state index contributed by atoms with van der Waals surface area (Å²) in [6.07, 6.45) is 2.37. The number of piperazine rings is 1. The van der Waals surface area contributed by atoms with E-state index < -0.39 is 0 Å². The summed E-state index contributed by atoms with van der Waals surface area (Å²) in [5, 5.41) is 3.39. The summed E-state index contributed by atoms with van der Waals surface area (Å²) < 4.78 is 5.41. The molecule has 1 atom stereocenters. The van der Waals surface area contributed by atoms with E-state index in [-0.39, 0.29) is 0 Å². The van der Waals surface area contributed by atoms with E-state index in [9.17, 15) is 0 Å². The predicted octanol–water partition coefficient (Wildman–Crippen LogP) is -0.354. The molecule has 3 N–H and O–H groups in total. The van der Waals surface area contributed by atoms with Crippen molar-refractivity contribution < 1.29 is 4.74 Å². The lowest BCUT2D eigenvalue weighted by Gasteiger charge is -2.40. The van der Waals surface area contributed by atoms with Crippen LogP contribution in [0.3, 0.4) is 0 Å². The minimum Gasteiger partial charge on any atom is -0.381 e. The van der Waals surface area contributed by atoms with Crippen molar-refractivity contribution in [3.8, 4) is 0 Å². The molecule has 0 amide bonds. The van der Waals surface area contributed by atoms with Gasteiger partial charge >= 0.3 is 0 Å². The van der Waals surface area contributed by atoms with Gasteiger partial charge in [0.2, 0.25) is 0 Å². The zero-order valence-corrected chi connectivity index (χ0v) is 9.45. The first-order valence-electron chi connectivity index (χ1n) is 6.14. The Bertz CT molecular complexity index is 159. The van der Waals surface area contributed by atoms with Crippen molar-refractivity contribution in [2.75, 3.05) is 45.9 Å². The van der Waals surface area contributed by atoms with Crippen LogP contribution in [0.5, 0.6) is 0 Å². The molecular weight excluding hydrogens is 190 g/mol. The number of nitrogens with two attached hydrogens (primary N) is 1. The standard InChI is InChI=1S/C11H23N3O/c12-9-11(10-1-7-15-8-2-10)14-5-3-13-4-6-14/h10-11,13H,1-9,12H2. The van der Waals surface area contributed by atoms with E-state index in [1.807, 2.05) is 0 Å². The van der Waals surface area contributed by atoms with E-state index in [0.29, 0.717) is 6.04 Å². The first-order chi connectivity index (χ1) is 7.42. The fraction of sp³-hybridized carbons (Fsp3) is 1.00. The first kappa shape index (κ1) is 11.3. The van der Waals surface area contributed by atoms with Crippen molar-refractivity contribution in [3.63, 3.8) is 0 Å². The van der Waals surface area contributed by atoms with Gasteiger partial charge in [0.15, 0.2) is 0 Å². The largest absolute Gasteiger partial charge is 0.381 e. The Morgan fingerprint density at radius 2 is 1.93 bits per heavy atom. The zero-order chi connectivity index (χ0) is 10.5. The van der Waals surface area contributed by atoms with Crippen LogP contribution in [-0.2, 0) is 4.74 Å². The minimum absolute atomic E-state index is 0.580. The van der Waals surface area contributed by atoms with Gasteiger partial charge < -0.3 is 15.8 Å². The number of rotatable bonds is 3. The molecule has 88 valence electrons. The lowest BCUT2D eigenvalue weighted by atomic mass is 9.90. The third-order valence-electron chi connectivity index (χ3n) is 3.67. The summed E-state index contributed by atoms with van der Waals surface area (Å²) in [6, 6.07) is 0.580. The van der Waals surface area contributed by atoms with Gasteiger partial charge in [0, 0.05) is 52.0 Å². The van der Waals surface area contributed by atoms with Crippen LogP contribution in [0.4, 0.5) is 0 Å². The smallest absolute Gasteiger partial charge is 0.0469 e. The molecule has 2 aliphatic heterocycles. The van der Waals surface area contributed by atoms with Crippen LogP contribution in [0, 0.1) is 5.92 Å². The van der Waals surface area contributed by atoms with Crippen LogP contribution in [0.15, 0.2) is 0 Å². The van der Waals surface area contributed by atoms with Gasteiger partial charge in [-0.05, 0) is 18.8 Å². The van der Waals surface area contributed by atoms with Crippen LogP contribution >= 0.6 is 0 Å². The normalized spacial score (nSPS) is 27.8. The summed E-state index contributed by atoms with van der Waals surface area (Å²) in [6.45, 7) is 7.17. The number of hydrogen-bond acceptors (Lipinski definition) is 4. The third kappa shape index (κ3) is 2.91. The van der Waals surface area contributed by atoms with Crippen LogP contribution in [0.2, 0.25) is 0 Å². The molecule has 0 spiro atoms. The maximum atomic E-state index is 5.93. The van der Waals surface area contributed by atoms with Crippen molar-refractivity contribution in [1.82, 2.24) is 10.2 Å². The van der Waals surface area contributed by atoms with Gasteiger partial charge in [-0.2, -0.15) is 0 Å². The van der Waals surface area contributed by atoms with E-state index in [2.05, 4.69) is 10.2 Å². The fourth-order valence-corrected chi connectivity index (χ4v) is 2.75. The second-order valence-electron chi connectivity index (χ2n) is 4.54. The molecule has 4 nitrogen and oxygen atoms in total. The minimum atomic E-state index is 0.580. The number of ether oxygens (including phenoxy) is 1. The van der Waals surface area contributed by atoms with Gasteiger partial charge in [0.1, 0.15) is 0 Å². The van der Waals surface area contributed by atoms with E-state index >= 15 is 0 Å². The highest BCUT2D eigenvalue weighted by Crippen LogP contribution is 2.22. The van der Waals surface area contributed by atoms with Crippen LogP contribution in [0.1, 0.15) is 12.8 Å². The lowest BCUT2D eigenvalue weighted by Crippen LogP contribution is -2.54. The summed E-state index contributed by atoms with van der Waals surface area (Å²) in [5.74, 6) is 0.752. The Balaban J connectivity index is 1.88. The molecule has 0 radical (unpaired) electrons. The average Bonchev–Trinajstić information content (AvgIpc) is 2.33. The Morgan fingerprint density at radius 3 is 2.53 bits per heavy atom. The summed E-state index contributed by atoms with van der Waals surface area (Å²) in [5.41, 5.74) is 5.93. The zero-order valence-electron chi connectivity index (χ0n) is 9.45. The third-order valence-corrected chi connectivity index (χ3v) is 3.67. The molecule has 15 heavy (non-hydrogen) atoms. The van der Waals surface area contributed by atoms with Crippen molar-refractivity contribution in [1.29, 1.82) is 0 Å². The Hall–Kier alpha value is -0.160. The summed E-state index contributed by atoms with van der Waals surface area (Å²) in [4.78, 5) is 2.56. The first-order valence-corrected chi connectivity index (χ1v) is 6.14. The van der Waals surface area contributed by atoms with Crippen molar-refractivity contribution in [3.05, 3.63) is 0 Å². The number of hydrogen-bond donors (Lipinski definition) is 2. The highest BCUT2D eigenvalue weighted by molar-refractivity contribution is 4.84. The fourth-order valence-electron chi connectivity index (χ4n) is 2.75. The number of nitrogens with zero attached hydrogens (tertiary/aromatic N) is 1. The van der Waals surface area contributed by atoms with Crippen molar-refractivity contribution in [2.45, 2.75) is 18.9 Å². The Labute approximate surface area is 92.1 Å². The molecule has 2 fully saturated rings. The quantitative estimate of drug-likeness (QED) is 0.672. The van der Waals surface area contributed by atoms with E-state index in [1.165, 1.54) is 12.8 Å². The summed E-state index contributed by atoms with van der Waals surface area (Å²) >= 11 is 0. The molecule has 0 aromatic rings. The molecule has 0 saturated carbocycles. The van der Waals surface area contributed by atoms with Crippen LogP contribution in [-0.4, -0.2) is 56.9 Å². The van der Waals surface area contributed by atoms with E-state index in [0.717, 1.165) is 51.9 Å². The van der Waals surface area contributed by atoms with Gasteiger partial charge in [-0.1, -0.05) is 0 Å². The molecule has 2 saturated heterocycles. The highest BCUT2D eigenvalue weighted by Gasteiger charge is 2.28. The summed E-state index contributed by atoms with van der Waals surface area (Å²) in [7, 11) is 0. The average molecular weight is 213 g/mol. The van der Waals surface area contributed by atoms with E-state index in [1.54, 1.807) is 0 Å². The Morgan fingerprint density at radius 1 is 1.27 bits per heavy atom. The second kappa shape index (κ2) is 5.80. The SMILES string of the molecule is NCC(C1CCOCC1)N1CCNCC1. The molecule has 4 heteroatoms. The van der Waals surface area contributed by atoms with Crippen LogP contribution < -0.4 is 11.1 Å². The van der Waals surface area contributed by atoms with Gasteiger partial charge in [0.25, 0.3) is 0 Å². The molecule has 0 aromatic carbocycles. The molecule has 1 unspecified atom stereocenters. The van der Waals surface area contributed by atoms with Crippen molar-refractivity contribution in [2.24, 2.45) is 11.7 Å². The molecular formula is C11H23N3O. The van der Waals surface area contributed by atoms with Gasteiger partial charge in [-0.3, -0.25) is 4.90 Å². The molecule has 0 aromatic heterocycles. The lowest BCUT2D eigenvalue weighted by molar-refractivity contribution is 0.0245. The van der Waals surface area contributed by atoms with Gasteiger partial charge in [-0.15, -0.1) is 0 Å². The van der Waals surface area contributed by atoms with Crippen molar-refractivity contribution >= 4 is 0 Å². The van der Waals surface area contributed by atoms with Crippen LogP contribution in [0.25, 0.3) is 0 Å². The molecule has 0 bridgehead atoms. The predicted molar refractivity (Wildman–Crippen MR) is 60.8 cm³/mol. The topological polar surface area (TPSA) is 50.5 Å². The van der Waals surface area contributed by atoms with E-state index in [4.69, 9.17) is 10.5 Å². The Kier molecular flexibility index (Phi) is 4.38. The maximum Gasteiger partial charge on any atom is 0.0469 e. The van der Waals surface area contributed by atoms with Gasteiger partial charge in [0.05, 0.1) is 0 Å². The molecule has 2 aliphatic rings.